The minimum atomic E-state index is -0.661. The number of halogens is 1. The van der Waals surface area contributed by atoms with Crippen molar-refractivity contribution in [1.29, 1.82) is 0 Å². The Balaban J connectivity index is 1.31. The number of ether oxygens (including phenoxy) is 1. The first-order chi connectivity index (χ1) is 17.1. The van der Waals surface area contributed by atoms with Crippen LogP contribution in [0.4, 0.5) is 4.39 Å². The van der Waals surface area contributed by atoms with Crippen LogP contribution in [0.15, 0.2) is 77.1 Å². The summed E-state index contributed by atoms with van der Waals surface area (Å²) in [6.45, 7) is 2.85. The zero-order valence-electron chi connectivity index (χ0n) is 20.8. The van der Waals surface area contributed by atoms with E-state index in [4.69, 9.17) is 0 Å². The summed E-state index contributed by atoms with van der Waals surface area (Å²) in [5, 5.41) is 0. The van der Waals surface area contributed by atoms with Gasteiger partial charge in [0.2, 0.25) is 0 Å². The Morgan fingerprint density at radius 3 is 2.14 bits per heavy atom. The summed E-state index contributed by atoms with van der Waals surface area (Å²) >= 11 is 0. The molecule has 0 fully saturated rings. The van der Waals surface area contributed by atoms with Crippen LogP contribution in [0.25, 0.3) is 0 Å². The number of unbranched alkanes of at least 4 members (excludes halogenated alkanes) is 4. The Hall–Kier alpha value is -3.45. The number of nitrogens with zero attached hydrogens (tertiary/aromatic N) is 1. The summed E-state index contributed by atoms with van der Waals surface area (Å²) in [6.07, 6.45) is 11.1. The van der Waals surface area contributed by atoms with Crippen LogP contribution >= 0.6 is 0 Å². The molecule has 4 heteroatoms. The van der Waals surface area contributed by atoms with Gasteiger partial charge in [0.1, 0.15) is 5.83 Å². The molecule has 182 valence electrons. The van der Waals surface area contributed by atoms with Crippen molar-refractivity contribution in [3.05, 3.63) is 94.3 Å². The molecule has 0 aliphatic heterocycles. The summed E-state index contributed by atoms with van der Waals surface area (Å²) in [4.78, 5) is 16.1. The van der Waals surface area contributed by atoms with E-state index in [0.717, 1.165) is 42.5 Å². The van der Waals surface area contributed by atoms with Crippen molar-refractivity contribution < 1.29 is 13.9 Å². The number of aliphatic imine (C=N–C) groups is 1. The number of allylic oxidation sites excluding steroid dienone is 2. The lowest BCUT2D eigenvalue weighted by molar-refractivity contribution is -0.135. The largest absolute Gasteiger partial charge is 0.465 e. The summed E-state index contributed by atoms with van der Waals surface area (Å²) < 4.78 is 18.3. The van der Waals surface area contributed by atoms with Gasteiger partial charge in [-0.2, -0.15) is 0 Å². The molecule has 35 heavy (non-hydrogen) atoms. The molecule has 0 bridgehead atoms. The highest BCUT2D eigenvalue weighted by Crippen LogP contribution is 2.20. The average Bonchev–Trinajstić information content (AvgIpc) is 2.90. The minimum absolute atomic E-state index is 0.0423. The Morgan fingerprint density at radius 2 is 1.51 bits per heavy atom. The summed E-state index contributed by atoms with van der Waals surface area (Å²) in [7, 11) is 1.25. The Kier molecular flexibility index (Phi) is 10.5. The van der Waals surface area contributed by atoms with Gasteiger partial charge in [0.05, 0.1) is 12.7 Å². The third-order valence-corrected chi connectivity index (χ3v) is 6.07. The number of methoxy groups -OCH3 is 1. The second kappa shape index (κ2) is 14.1. The lowest BCUT2D eigenvalue weighted by Crippen LogP contribution is -2.11. The van der Waals surface area contributed by atoms with Crippen molar-refractivity contribution in [3.63, 3.8) is 0 Å². The van der Waals surface area contributed by atoms with Crippen LogP contribution < -0.4 is 0 Å². The summed E-state index contributed by atoms with van der Waals surface area (Å²) in [5.41, 5.74) is 5.45. The van der Waals surface area contributed by atoms with Gasteiger partial charge in [-0.15, -0.1) is 0 Å². The number of esters is 1. The molecule has 0 amide bonds. The second-order valence-electron chi connectivity index (χ2n) is 8.69. The molecule has 0 aromatic heterocycles. The molecule has 2 aromatic rings. The molecule has 0 heterocycles. The van der Waals surface area contributed by atoms with E-state index in [1.165, 1.54) is 49.7 Å². The van der Waals surface area contributed by atoms with Gasteiger partial charge in [-0.1, -0.05) is 62.3 Å². The fourth-order valence-corrected chi connectivity index (χ4v) is 3.89. The molecule has 0 atom stereocenters. The van der Waals surface area contributed by atoms with E-state index >= 15 is 0 Å². The van der Waals surface area contributed by atoms with Gasteiger partial charge in [-0.05, 0) is 73.2 Å². The molecule has 3 rings (SSSR count). The number of rotatable bonds is 10. The molecule has 1 aliphatic carbocycles. The van der Waals surface area contributed by atoms with Crippen LogP contribution in [0.1, 0.15) is 67.7 Å². The lowest BCUT2D eigenvalue weighted by Gasteiger charge is -2.09. The van der Waals surface area contributed by atoms with Crippen LogP contribution in [0.5, 0.6) is 0 Å². The normalized spacial score (nSPS) is 14.1. The Bertz CT molecular complexity index is 1130. The molecular formula is C31H34FNO2. The number of hydrogen-bond acceptors (Lipinski definition) is 3. The highest BCUT2D eigenvalue weighted by molar-refractivity contribution is 6.06. The molecule has 0 unspecified atom stereocenters. The second-order valence-corrected chi connectivity index (χ2v) is 8.69. The number of carbonyl (C=O) groups is 1. The molecule has 2 aromatic carbocycles. The third kappa shape index (κ3) is 8.68. The number of benzene rings is 2. The fraction of sp³-hybridized carbons (Fsp3) is 0.355. The zero-order valence-corrected chi connectivity index (χ0v) is 20.8. The van der Waals surface area contributed by atoms with Gasteiger partial charge in [0.25, 0.3) is 0 Å². The quantitative estimate of drug-likeness (QED) is 0.214. The monoisotopic (exact) mass is 471 g/mol. The predicted molar refractivity (Wildman–Crippen MR) is 141 cm³/mol. The van der Waals surface area contributed by atoms with E-state index in [2.05, 4.69) is 77.0 Å². The SMILES string of the molecule is CCc1ccc(C#Cc2ccc(CCCCCCCN=C3C=C(C(=O)OC)C(F)=CC3)cc2)cc1. The maximum Gasteiger partial charge on any atom is 0.340 e. The van der Waals surface area contributed by atoms with Crippen LogP contribution in [-0.4, -0.2) is 25.3 Å². The van der Waals surface area contributed by atoms with Crippen molar-refractivity contribution in [1.82, 2.24) is 0 Å². The highest BCUT2D eigenvalue weighted by Gasteiger charge is 2.19. The van der Waals surface area contributed by atoms with Crippen LogP contribution in [-0.2, 0) is 22.4 Å². The number of aryl methyl sites for hydroxylation is 2. The summed E-state index contributed by atoms with van der Waals surface area (Å²) in [6, 6.07) is 17.0. The van der Waals surface area contributed by atoms with Gasteiger partial charge < -0.3 is 4.74 Å². The molecule has 0 radical (unpaired) electrons. The van der Waals surface area contributed by atoms with Crippen molar-refractivity contribution in [2.24, 2.45) is 4.99 Å². The van der Waals surface area contributed by atoms with Crippen LogP contribution in [0.3, 0.4) is 0 Å². The first-order valence-electron chi connectivity index (χ1n) is 12.5. The highest BCUT2D eigenvalue weighted by atomic mass is 19.1. The smallest absolute Gasteiger partial charge is 0.340 e. The van der Waals surface area contributed by atoms with Crippen LogP contribution in [0, 0.1) is 11.8 Å². The molecule has 3 nitrogen and oxygen atoms in total. The molecule has 1 aliphatic rings. The number of hydrogen-bond donors (Lipinski definition) is 0. The predicted octanol–water partition coefficient (Wildman–Crippen LogP) is 6.94. The van der Waals surface area contributed by atoms with E-state index in [9.17, 15) is 9.18 Å². The molecule has 0 N–H and O–H groups in total. The van der Waals surface area contributed by atoms with Gasteiger partial charge in [-0.3, -0.25) is 4.99 Å². The van der Waals surface area contributed by atoms with E-state index in [0.29, 0.717) is 13.0 Å². The topological polar surface area (TPSA) is 38.7 Å². The fourth-order valence-electron chi connectivity index (χ4n) is 3.89. The Morgan fingerprint density at radius 1 is 0.914 bits per heavy atom. The maximum absolute atomic E-state index is 13.7. The van der Waals surface area contributed by atoms with Gasteiger partial charge in [-0.25, -0.2) is 9.18 Å². The van der Waals surface area contributed by atoms with E-state index < -0.39 is 11.8 Å². The Labute approximate surface area is 208 Å². The van der Waals surface area contributed by atoms with Crippen molar-refractivity contribution in [2.75, 3.05) is 13.7 Å². The van der Waals surface area contributed by atoms with Crippen molar-refractivity contribution >= 4 is 11.7 Å². The van der Waals surface area contributed by atoms with Gasteiger partial charge >= 0.3 is 5.97 Å². The first kappa shape index (κ1) is 26.2. The molecule has 0 saturated carbocycles. The van der Waals surface area contributed by atoms with E-state index in [-0.39, 0.29) is 5.57 Å². The molecular weight excluding hydrogens is 437 g/mol. The minimum Gasteiger partial charge on any atom is -0.465 e. The van der Waals surface area contributed by atoms with E-state index in [1.807, 2.05) is 0 Å². The third-order valence-electron chi connectivity index (χ3n) is 6.07. The lowest BCUT2D eigenvalue weighted by atomic mass is 10.0. The standard InChI is InChI=1S/C31H34FNO2/c1-3-24-10-12-26(13-11-24)18-19-27-16-14-25(15-17-27)9-7-5-4-6-8-22-33-28-20-21-30(32)29(23-28)31(34)35-2/h10-17,21,23H,3-9,20,22H2,1-2H3. The average molecular weight is 472 g/mol. The van der Waals surface area contributed by atoms with Crippen molar-refractivity contribution in [2.45, 2.75) is 58.3 Å². The summed E-state index contributed by atoms with van der Waals surface area (Å²) in [5.74, 6) is 5.30. The first-order valence-corrected chi connectivity index (χ1v) is 12.5. The van der Waals surface area contributed by atoms with Crippen LogP contribution in [0.2, 0.25) is 0 Å². The molecule has 0 spiro atoms. The van der Waals surface area contributed by atoms with Crippen molar-refractivity contribution in [3.8, 4) is 11.8 Å². The molecule has 0 saturated heterocycles. The van der Waals surface area contributed by atoms with E-state index in [1.54, 1.807) is 0 Å². The number of carbonyl (C=O) groups excluding carboxylic acids is 1. The van der Waals surface area contributed by atoms with Gasteiger partial charge in [0, 0.05) is 29.8 Å². The maximum atomic E-state index is 13.7. The zero-order chi connectivity index (χ0) is 24.9. The van der Waals surface area contributed by atoms with Gasteiger partial charge in [0.15, 0.2) is 0 Å².